The van der Waals surface area contributed by atoms with Crippen LogP contribution < -0.4 is 10.3 Å². The SMILES string of the molecule is C.C1CSNN1. The molecule has 0 unspecified atom stereocenters. The highest BCUT2D eigenvalue weighted by Crippen LogP contribution is 1.91. The number of rotatable bonds is 0. The van der Waals surface area contributed by atoms with Crippen LogP contribution in [0.2, 0.25) is 0 Å². The predicted molar refractivity (Wildman–Crippen MR) is 30.3 cm³/mol. The summed E-state index contributed by atoms with van der Waals surface area (Å²) >= 11 is 1.71. The lowest BCUT2D eigenvalue weighted by Crippen LogP contribution is -2.16. The standard InChI is InChI=1S/C2H6N2S.CH4/c1-2-5-4-3-1;/h3-4H,1-2H2;1H4. The molecule has 3 heteroatoms. The van der Waals surface area contributed by atoms with Gasteiger partial charge in [0.2, 0.25) is 0 Å². The van der Waals surface area contributed by atoms with Gasteiger partial charge in [-0.05, 0) is 0 Å². The fourth-order valence-electron chi connectivity index (χ4n) is 0.255. The Kier molecular flexibility index (Phi) is 3.62. The summed E-state index contributed by atoms with van der Waals surface area (Å²) in [5.74, 6) is 1.19. The lowest BCUT2D eigenvalue weighted by Gasteiger charge is -1.79. The van der Waals surface area contributed by atoms with Crippen LogP contribution in [0.1, 0.15) is 7.43 Å². The average molecular weight is 106 g/mol. The van der Waals surface area contributed by atoms with E-state index in [0.717, 1.165) is 6.54 Å². The van der Waals surface area contributed by atoms with Crippen molar-refractivity contribution < 1.29 is 0 Å². The van der Waals surface area contributed by atoms with Gasteiger partial charge in [-0.15, -0.1) is 0 Å². The lowest BCUT2D eigenvalue weighted by molar-refractivity contribution is 0.765. The first-order chi connectivity index (χ1) is 2.50. The third kappa shape index (κ3) is 1.64. The fraction of sp³-hybridized carbons (Fsp3) is 1.00. The monoisotopic (exact) mass is 106 g/mol. The van der Waals surface area contributed by atoms with Gasteiger partial charge in [0.25, 0.3) is 0 Å². The molecule has 2 N–H and O–H groups in total. The van der Waals surface area contributed by atoms with Crippen LogP contribution in [0, 0.1) is 0 Å². The van der Waals surface area contributed by atoms with Gasteiger partial charge in [0.15, 0.2) is 0 Å². The largest absolute Gasteiger partial charge is 0.247 e. The molecule has 38 valence electrons. The van der Waals surface area contributed by atoms with E-state index >= 15 is 0 Å². The van der Waals surface area contributed by atoms with Crippen molar-refractivity contribution in [2.45, 2.75) is 7.43 Å². The molecule has 0 bridgehead atoms. The van der Waals surface area contributed by atoms with E-state index in [1.807, 2.05) is 0 Å². The van der Waals surface area contributed by atoms with Crippen LogP contribution in [0.25, 0.3) is 0 Å². The Morgan fingerprint density at radius 2 is 2.33 bits per heavy atom. The molecule has 0 saturated carbocycles. The van der Waals surface area contributed by atoms with Crippen molar-refractivity contribution in [3.8, 4) is 0 Å². The van der Waals surface area contributed by atoms with E-state index in [9.17, 15) is 0 Å². The summed E-state index contributed by atoms with van der Waals surface area (Å²) in [6.07, 6.45) is 0. The van der Waals surface area contributed by atoms with E-state index in [0.29, 0.717) is 0 Å². The molecule has 1 saturated heterocycles. The van der Waals surface area contributed by atoms with E-state index < -0.39 is 0 Å². The highest BCUT2D eigenvalue weighted by molar-refractivity contribution is 7.97. The molecular weight excluding hydrogens is 96.1 g/mol. The molecule has 2 nitrogen and oxygen atoms in total. The Hall–Kier alpha value is 0.270. The quantitative estimate of drug-likeness (QED) is 0.436. The summed E-state index contributed by atoms with van der Waals surface area (Å²) in [7, 11) is 0. The molecule has 6 heavy (non-hydrogen) atoms. The number of hydrazine groups is 1. The van der Waals surface area contributed by atoms with E-state index in [-0.39, 0.29) is 7.43 Å². The van der Waals surface area contributed by atoms with Crippen LogP contribution in [0.3, 0.4) is 0 Å². The second-order valence-electron chi connectivity index (χ2n) is 0.877. The van der Waals surface area contributed by atoms with Gasteiger partial charge in [0, 0.05) is 12.3 Å². The smallest absolute Gasteiger partial charge is 0.0231 e. The molecule has 0 amide bonds. The second-order valence-corrected chi connectivity index (χ2v) is 1.78. The Morgan fingerprint density at radius 3 is 2.50 bits per heavy atom. The van der Waals surface area contributed by atoms with Crippen LogP contribution in [-0.4, -0.2) is 12.3 Å². The zero-order valence-electron chi connectivity index (χ0n) is 2.82. The maximum atomic E-state index is 2.94. The first kappa shape index (κ1) is 6.27. The van der Waals surface area contributed by atoms with Crippen molar-refractivity contribution in [2.24, 2.45) is 0 Å². The summed E-state index contributed by atoms with van der Waals surface area (Å²) in [5, 5.41) is 0. The van der Waals surface area contributed by atoms with Crippen LogP contribution >= 0.6 is 11.9 Å². The Morgan fingerprint density at radius 1 is 1.50 bits per heavy atom. The summed E-state index contributed by atoms with van der Waals surface area (Å²) in [6, 6.07) is 0. The van der Waals surface area contributed by atoms with Crippen molar-refractivity contribution in [1.82, 2.24) is 10.3 Å². The van der Waals surface area contributed by atoms with Gasteiger partial charge in [-0.25, -0.2) is 10.3 Å². The fourth-order valence-corrected chi connectivity index (χ4v) is 0.765. The van der Waals surface area contributed by atoms with E-state index in [4.69, 9.17) is 0 Å². The highest BCUT2D eigenvalue weighted by atomic mass is 32.2. The normalized spacial score (nSPS) is 20.0. The number of hydrogen-bond donors (Lipinski definition) is 2. The molecule has 0 atom stereocenters. The van der Waals surface area contributed by atoms with Crippen molar-refractivity contribution in [3.63, 3.8) is 0 Å². The zero-order chi connectivity index (χ0) is 3.54. The van der Waals surface area contributed by atoms with Crippen LogP contribution in [0.5, 0.6) is 0 Å². The van der Waals surface area contributed by atoms with E-state index in [2.05, 4.69) is 10.3 Å². The van der Waals surface area contributed by atoms with Crippen molar-refractivity contribution >= 4 is 11.9 Å². The van der Waals surface area contributed by atoms with Crippen LogP contribution in [-0.2, 0) is 0 Å². The third-order valence-corrected chi connectivity index (χ3v) is 1.17. The summed E-state index contributed by atoms with van der Waals surface area (Å²) in [6.45, 7) is 1.10. The van der Waals surface area contributed by atoms with Gasteiger partial charge in [0.1, 0.15) is 0 Å². The molecule has 1 fully saturated rings. The molecule has 0 aromatic heterocycles. The maximum absolute atomic E-state index is 2.94. The predicted octanol–water partition coefficient (Wildman–Crippen LogP) is 0.378. The third-order valence-electron chi connectivity index (χ3n) is 0.473. The minimum absolute atomic E-state index is 0. The molecule has 1 rings (SSSR count). The summed E-state index contributed by atoms with van der Waals surface area (Å²) in [4.78, 5) is 2.89. The molecule has 0 aliphatic carbocycles. The Bertz CT molecular complexity index is 20.4. The molecule has 0 radical (unpaired) electrons. The number of nitrogens with one attached hydrogen (secondary N) is 2. The van der Waals surface area contributed by atoms with Gasteiger partial charge in [0.05, 0.1) is 0 Å². The van der Waals surface area contributed by atoms with Gasteiger partial charge < -0.3 is 0 Å². The average Bonchev–Trinajstić information content (AvgIpc) is 1.76. The molecule has 0 aromatic rings. The Balaban J connectivity index is 0.000000250. The van der Waals surface area contributed by atoms with Gasteiger partial charge in [-0.2, -0.15) is 0 Å². The van der Waals surface area contributed by atoms with Gasteiger partial charge >= 0.3 is 0 Å². The van der Waals surface area contributed by atoms with E-state index in [1.54, 1.807) is 11.9 Å². The first-order valence-electron chi connectivity index (χ1n) is 1.60. The highest BCUT2D eigenvalue weighted by Gasteiger charge is 1.92. The minimum Gasteiger partial charge on any atom is -0.247 e. The lowest BCUT2D eigenvalue weighted by atomic mass is 10.8. The number of hydrogen-bond acceptors (Lipinski definition) is 3. The molecule has 1 heterocycles. The molecule has 1 aliphatic heterocycles. The van der Waals surface area contributed by atoms with Crippen molar-refractivity contribution in [1.29, 1.82) is 0 Å². The van der Waals surface area contributed by atoms with Crippen LogP contribution in [0.4, 0.5) is 0 Å². The van der Waals surface area contributed by atoms with Gasteiger partial charge in [-0.1, -0.05) is 19.4 Å². The van der Waals surface area contributed by atoms with Crippen molar-refractivity contribution in [3.05, 3.63) is 0 Å². The first-order valence-corrected chi connectivity index (χ1v) is 2.58. The topological polar surface area (TPSA) is 24.1 Å². The molecule has 0 spiro atoms. The molecular formula is C3H10N2S. The maximum Gasteiger partial charge on any atom is 0.0231 e. The van der Waals surface area contributed by atoms with Crippen LogP contribution in [0.15, 0.2) is 0 Å². The second kappa shape index (κ2) is 3.46. The summed E-state index contributed by atoms with van der Waals surface area (Å²) in [5.41, 5.74) is 2.94. The molecule has 1 aliphatic rings. The van der Waals surface area contributed by atoms with Gasteiger partial charge in [-0.3, -0.25) is 0 Å². The van der Waals surface area contributed by atoms with E-state index in [1.165, 1.54) is 5.75 Å². The zero-order valence-corrected chi connectivity index (χ0v) is 3.64. The van der Waals surface area contributed by atoms with Crippen molar-refractivity contribution in [2.75, 3.05) is 12.3 Å². The minimum atomic E-state index is 0. The Labute approximate surface area is 42.8 Å². The molecule has 0 aromatic carbocycles. The summed E-state index contributed by atoms with van der Waals surface area (Å²) < 4.78 is 0.